The molecule has 0 spiro atoms. The molecule has 1 fully saturated rings. The molecule has 1 aliphatic rings. The Morgan fingerprint density at radius 2 is 0.713 bits per heavy atom. The van der Waals surface area contributed by atoms with E-state index in [0.717, 1.165) is 70.6 Å². The number of aliphatic hydroxyl groups excluding tert-OH is 5. The molecule has 7 unspecified atom stereocenters. The maximum atomic E-state index is 13.2. The lowest BCUT2D eigenvalue weighted by atomic mass is 9.99. The number of unbranched alkanes of at least 4 members (excludes halogenated alkanes) is 46. The molecule has 0 aromatic rings. The van der Waals surface area contributed by atoms with Crippen LogP contribution in [0, 0.1) is 0 Å². The molecule has 9 heteroatoms. The van der Waals surface area contributed by atoms with Gasteiger partial charge in [0, 0.05) is 6.42 Å². The average molecular weight is 1220 g/mol. The molecule has 1 aliphatic heterocycles. The lowest BCUT2D eigenvalue weighted by molar-refractivity contribution is -0.302. The van der Waals surface area contributed by atoms with Crippen molar-refractivity contribution >= 4 is 5.91 Å². The third kappa shape index (κ3) is 55.0. The predicted molar refractivity (Wildman–Crippen MR) is 373 cm³/mol. The number of amides is 1. The van der Waals surface area contributed by atoms with E-state index in [0.29, 0.717) is 6.42 Å². The number of nitrogens with one attached hydrogen (secondary N) is 1. The van der Waals surface area contributed by atoms with E-state index in [1.807, 2.05) is 6.08 Å². The Labute approximate surface area is 538 Å². The monoisotopic (exact) mass is 1220 g/mol. The first-order valence-corrected chi connectivity index (χ1v) is 37.7. The van der Waals surface area contributed by atoms with Gasteiger partial charge in [0.25, 0.3) is 0 Å². The first-order valence-electron chi connectivity index (χ1n) is 37.7. The molecule has 1 amide bonds. The molecule has 87 heavy (non-hydrogen) atoms. The van der Waals surface area contributed by atoms with Gasteiger partial charge in [0.1, 0.15) is 24.4 Å². The number of carbonyl (C=O) groups excluding carboxylic acids is 1. The van der Waals surface area contributed by atoms with Gasteiger partial charge in [-0.3, -0.25) is 4.79 Å². The molecule has 9 nitrogen and oxygen atoms in total. The van der Waals surface area contributed by atoms with Crippen molar-refractivity contribution in [1.82, 2.24) is 5.32 Å². The molecule has 0 aliphatic carbocycles. The highest BCUT2D eigenvalue weighted by Gasteiger charge is 2.44. The van der Waals surface area contributed by atoms with Crippen molar-refractivity contribution in [2.45, 2.75) is 403 Å². The molecular weight excluding hydrogens is 1080 g/mol. The number of allylic oxidation sites excluding steroid dienone is 11. The smallest absolute Gasteiger partial charge is 0.220 e. The average Bonchev–Trinajstić information content (AvgIpc) is 3.38. The Kier molecular flexibility index (Phi) is 63.2. The Morgan fingerprint density at radius 3 is 1.06 bits per heavy atom. The van der Waals surface area contributed by atoms with Gasteiger partial charge < -0.3 is 40.3 Å². The number of ether oxygens (including phenoxy) is 2. The van der Waals surface area contributed by atoms with Crippen molar-refractivity contribution in [3.8, 4) is 0 Å². The first kappa shape index (κ1) is 82.6. The maximum absolute atomic E-state index is 13.2. The molecular formula is C78H143NO8. The minimum absolute atomic E-state index is 0.170. The molecule has 0 aromatic carbocycles. The number of hydrogen-bond acceptors (Lipinski definition) is 8. The van der Waals surface area contributed by atoms with Crippen molar-refractivity contribution < 1.29 is 39.8 Å². The molecule has 6 N–H and O–H groups in total. The van der Waals surface area contributed by atoms with Crippen molar-refractivity contribution in [2.24, 2.45) is 0 Å². The maximum Gasteiger partial charge on any atom is 0.220 e. The standard InChI is InChI=1S/C78H143NO8/c1-3-5-7-9-11-13-15-17-19-21-23-25-27-29-30-31-32-33-34-35-36-37-38-39-40-41-42-44-46-48-50-52-54-56-58-60-62-64-66-68-74(82)79-71(70-86-78-77(85)76(84)75(83)73(69-80)87-78)72(81)67-65-63-61-59-57-55-53-51-49-47-45-43-28-26-24-22-20-18-16-14-12-10-8-6-4-2/h5,7,11,13,17,19,23,25,29-30,65,67,71-73,75-78,80-81,83-85H,3-4,6,8-10,12,14-16,18,20-22,24,26-28,31-64,66,68-70H2,1-2H3,(H,79,82)/b7-5-,13-11-,19-17-,25-23-,30-29-,67-65+. The second-order valence-corrected chi connectivity index (χ2v) is 26.1. The first-order chi connectivity index (χ1) is 42.8. The number of rotatable bonds is 66. The molecule has 7 atom stereocenters. The van der Waals surface area contributed by atoms with Crippen LogP contribution >= 0.6 is 0 Å². The van der Waals surface area contributed by atoms with Gasteiger partial charge >= 0.3 is 0 Å². The van der Waals surface area contributed by atoms with E-state index in [1.54, 1.807) is 6.08 Å². The van der Waals surface area contributed by atoms with Crippen LogP contribution in [0.25, 0.3) is 0 Å². The van der Waals surface area contributed by atoms with Gasteiger partial charge in [-0.25, -0.2) is 0 Å². The topological polar surface area (TPSA) is 149 Å². The molecule has 0 radical (unpaired) electrons. The Balaban J connectivity index is 2.07. The van der Waals surface area contributed by atoms with Crippen molar-refractivity contribution in [1.29, 1.82) is 0 Å². The van der Waals surface area contributed by atoms with Crippen LogP contribution in [0.2, 0.25) is 0 Å². The predicted octanol–water partition coefficient (Wildman–Crippen LogP) is 21.1. The van der Waals surface area contributed by atoms with E-state index in [9.17, 15) is 30.3 Å². The summed E-state index contributed by atoms with van der Waals surface area (Å²) in [6, 6.07) is -0.807. The van der Waals surface area contributed by atoms with Crippen LogP contribution < -0.4 is 5.32 Å². The van der Waals surface area contributed by atoms with E-state index in [-0.39, 0.29) is 12.5 Å². The second-order valence-electron chi connectivity index (χ2n) is 26.1. The van der Waals surface area contributed by atoms with Gasteiger partial charge in [0.2, 0.25) is 5.91 Å². The summed E-state index contributed by atoms with van der Waals surface area (Å²) in [5.74, 6) is -0.170. The van der Waals surface area contributed by atoms with Crippen molar-refractivity contribution in [3.63, 3.8) is 0 Å². The van der Waals surface area contributed by atoms with Crippen LogP contribution in [0.3, 0.4) is 0 Å². The third-order valence-corrected chi connectivity index (χ3v) is 17.8. The van der Waals surface area contributed by atoms with E-state index in [1.165, 1.54) is 270 Å². The van der Waals surface area contributed by atoms with Crippen LogP contribution in [-0.2, 0) is 14.3 Å². The summed E-state index contributed by atoms with van der Waals surface area (Å²) in [5, 5.41) is 54.8. The normalized spacial score (nSPS) is 18.4. The fourth-order valence-corrected chi connectivity index (χ4v) is 12.0. The summed E-state index contributed by atoms with van der Waals surface area (Å²) < 4.78 is 11.3. The van der Waals surface area contributed by atoms with E-state index in [2.05, 4.69) is 79.9 Å². The molecule has 1 saturated heterocycles. The van der Waals surface area contributed by atoms with Gasteiger partial charge in [-0.15, -0.1) is 0 Å². The quantitative estimate of drug-likeness (QED) is 0.0261. The van der Waals surface area contributed by atoms with Crippen molar-refractivity contribution in [3.05, 3.63) is 72.9 Å². The van der Waals surface area contributed by atoms with Gasteiger partial charge in [-0.1, -0.05) is 363 Å². The Hall–Kier alpha value is -2.37. The van der Waals surface area contributed by atoms with Crippen LogP contribution in [0.15, 0.2) is 72.9 Å². The number of carbonyl (C=O) groups is 1. The molecule has 0 aromatic heterocycles. The fraction of sp³-hybridized carbons (Fsp3) is 0.833. The second kappa shape index (κ2) is 66.5. The highest BCUT2D eigenvalue weighted by molar-refractivity contribution is 5.76. The Bertz CT molecular complexity index is 1610. The molecule has 0 saturated carbocycles. The lowest BCUT2D eigenvalue weighted by Gasteiger charge is -2.40. The van der Waals surface area contributed by atoms with Crippen LogP contribution in [0.5, 0.6) is 0 Å². The zero-order valence-electron chi connectivity index (χ0n) is 57.0. The summed E-state index contributed by atoms with van der Waals surface area (Å²) in [5.41, 5.74) is 0. The van der Waals surface area contributed by atoms with E-state index >= 15 is 0 Å². The summed E-state index contributed by atoms with van der Waals surface area (Å²) in [6.45, 7) is 3.71. The minimum Gasteiger partial charge on any atom is -0.394 e. The van der Waals surface area contributed by atoms with Gasteiger partial charge in [0.15, 0.2) is 6.29 Å². The van der Waals surface area contributed by atoms with Gasteiger partial charge in [0.05, 0.1) is 25.4 Å². The SMILES string of the molecule is CC/C=C\C/C=C\C/C=C\C/C=C\C/C=C\CCCCCCCCCCCCCCCCCCCCCCCCCC(=O)NC(COC1OC(CO)C(O)C(O)C1O)C(O)/C=C/CCCCCCCCCCCCCCCCCCCCCCCCC. The zero-order valence-corrected chi connectivity index (χ0v) is 57.0. The lowest BCUT2D eigenvalue weighted by Crippen LogP contribution is -2.60. The molecule has 1 heterocycles. The van der Waals surface area contributed by atoms with Crippen LogP contribution in [0.4, 0.5) is 0 Å². The van der Waals surface area contributed by atoms with Crippen LogP contribution in [-0.4, -0.2) is 87.5 Å². The summed E-state index contributed by atoms with van der Waals surface area (Å²) in [4.78, 5) is 13.2. The van der Waals surface area contributed by atoms with E-state index in [4.69, 9.17) is 9.47 Å². The van der Waals surface area contributed by atoms with Crippen LogP contribution in [0.1, 0.15) is 361 Å². The third-order valence-electron chi connectivity index (χ3n) is 17.8. The zero-order chi connectivity index (χ0) is 62.8. The van der Waals surface area contributed by atoms with Gasteiger partial charge in [-0.05, 0) is 64.2 Å². The highest BCUT2D eigenvalue weighted by Crippen LogP contribution is 2.24. The molecule has 0 bridgehead atoms. The number of aliphatic hydroxyl groups is 5. The van der Waals surface area contributed by atoms with Crippen molar-refractivity contribution in [2.75, 3.05) is 13.2 Å². The summed E-state index contributed by atoms with van der Waals surface area (Å²) >= 11 is 0. The Morgan fingerprint density at radius 1 is 0.402 bits per heavy atom. The molecule has 1 rings (SSSR count). The minimum atomic E-state index is -1.57. The van der Waals surface area contributed by atoms with E-state index < -0.39 is 49.5 Å². The highest BCUT2D eigenvalue weighted by atomic mass is 16.7. The summed E-state index contributed by atoms with van der Waals surface area (Å²) in [7, 11) is 0. The summed E-state index contributed by atoms with van der Waals surface area (Å²) in [6.07, 6.45) is 87.4. The fourth-order valence-electron chi connectivity index (χ4n) is 12.0. The largest absolute Gasteiger partial charge is 0.394 e. The molecule has 508 valence electrons. The van der Waals surface area contributed by atoms with Gasteiger partial charge in [-0.2, -0.15) is 0 Å². The number of hydrogen-bond donors (Lipinski definition) is 6.